The lowest BCUT2D eigenvalue weighted by molar-refractivity contribution is -0.145. The minimum absolute atomic E-state index is 0.0980. The lowest BCUT2D eigenvalue weighted by Gasteiger charge is -2.42. The molecule has 3 nitrogen and oxygen atoms in total. The molecule has 2 atom stereocenters. The fourth-order valence-electron chi connectivity index (χ4n) is 3.48. The van der Waals surface area contributed by atoms with E-state index >= 15 is 0 Å². The van der Waals surface area contributed by atoms with Gasteiger partial charge >= 0.3 is 0 Å². The molecule has 3 rings (SSSR count). The van der Waals surface area contributed by atoms with Crippen molar-refractivity contribution in [2.24, 2.45) is 5.92 Å². The van der Waals surface area contributed by atoms with Crippen molar-refractivity contribution in [2.45, 2.75) is 65.5 Å². The first-order chi connectivity index (χ1) is 14.4. The van der Waals surface area contributed by atoms with Gasteiger partial charge in [-0.3, -0.25) is 9.78 Å². The number of pyridine rings is 1. The number of carbonyl (C=O) groups is 1. The molecule has 0 spiro atoms. The molecule has 0 N–H and O–H groups in total. The van der Waals surface area contributed by atoms with Crippen LogP contribution in [0.3, 0.4) is 0 Å². The van der Waals surface area contributed by atoms with Crippen LogP contribution >= 0.6 is 23.2 Å². The van der Waals surface area contributed by atoms with Crippen LogP contribution in [-0.2, 0) is 4.79 Å². The second kappa shape index (κ2) is 14.2. The number of hydrogen-bond donors (Lipinski definition) is 0. The van der Waals surface area contributed by atoms with E-state index in [2.05, 4.69) is 30.3 Å². The Balaban J connectivity index is 0.000000372. The zero-order valence-corrected chi connectivity index (χ0v) is 20.0. The first kappa shape index (κ1) is 26.2. The predicted molar refractivity (Wildman–Crippen MR) is 129 cm³/mol. The van der Waals surface area contributed by atoms with E-state index in [9.17, 15) is 4.79 Å². The Bertz CT molecular complexity index is 746. The molecule has 1 amide bonds. The van der Waals surface area contributed by atoms with E-state index in [1.807, 2.05) is 56.3 Å². The second-order valence-corrected chi connectivity index (χ2v) is 8.19. The highest BCUT2D eigenvalue weighted by molar-refractivity contribution is 6.30. The Hall–Kier alpha value is -1.84. The van der Waals surface area contributed by atoms with Crippen molar-refractivity contribution in [1.29, 1.82) is 0 Å². The standard InChI is InChI=1S/C16H23ClN2O.C6H5Cl.C3H6/c1-4-13(5-2)19-15(9-6-11(3)16(19)20)14-8-7-12(17)10-18-14;7-6-4-2-1-3-5-6;1-3-2/h7-8,10-11,13,15H,4-6,9H2,1-3H3;1-5H;3H,1H2,2H3. The second-order valence-electron chi connectivity index (χ2n) is 7.32. The molecule has 1 fully saturated rings. The summed E-state index contributed by atoms with van der Waals surface area (Å²) in [6.45, 7) is 11.6. The fourth-order valence-corrected chi connectivity index (χ4v) is 3.74. The Morgan fingerprint density at radius 2 is 1.70 bits per heavy atom. The largest absolute Gasteiger partial charge is 0.331 e. The Kier molecular flexibility index (Phi) is 12.4. The molecule has 1 aliphatic rings. The number of hydrogen-bond acceptors (Lipinski definition) is 2. The van der Waals surface area contributed by atoms with Gasteiger partial charge in [0.15, 0.2) is 0 Å². The average molecular weight is 449 g/mol. The van der Waals surface area contributed by atoms with E-state index in [-0.39, 0.29) is 17.9 Å². The van der Waals surface area contributed by atoms with E-state index in [0.717, 1.165) is 36.4 Å². The van der Waals surface area contributed by atoms with Crippen LogP contribution in [0.1, 0.15) is 65.1 Å². The Morgan fingerprint density at radius 1 is 1.10 bits per heavy atom. The molecule has 164 valence electrons. The maximum absolute atomic E-state index is 12.6. The number of piperidine rings is 1. The molecule has 1 aliphatic heterocycles. The molecule has 0 saturated carbocycles. The summed E-state index contributed by atoms with van der Waals surface area (Å²) in [5.41, 5.74) is 0.960. The van der Waals surface area contributed by atoms with Gasteiger partial charge in [0, 0.05) is 23.2 Å². The molecule has 1 saturated heterocycles. The SMILES string of the molecule is C=CC.CCC(CC)N1C(=O)C(C)CCC1c1ccc(Cl)cn1.Clc1ccccc1. The summed E-state index contributed by atoms with van der Waals surface area (Å²) in [6, 6.07) is 13.6. The smallest absolute Gasteiger partial charge is 0.226 e. The third-order valence-electron chi connectivity index (χ3n) is 5.05. The van der Waals surface area contributed by atoms with E-state index in [1.54, 1.807) is 12.3 Å². The van der Waals surface area contributed by atoms with Gasteiger partial charge in [0.1, 0.15) is 0 Å². The molecule has 2 aromatic rings. The Labute approximate surface area is 192 Å². The van der Waals surface area contributed by atoms with Crippen molar-refractivity contribution < 1.29 is 4.79 Å². The number of halogens is 2. The topological polar surface area (TPSA) is 33.2 Å². The van der Waals surface area contributed by atoms with Gasteiger partial charge in [-0.2, -0.15) is 0 Å². The van der Waals surface area contributed by atoms with Crippen molar-refractivity contribution >= 4 is 29.1 Å². The maximum atomic E-state index is 12.6. The molecule has 2 unspecified atom stereocenters. The van der Waals surface area contributed by atoms with Crippen molar-refractivity contribution in [1.82, 2.24) is 9.88 Å². The molecular weight excluding hydrogens is 415 g/mol. The van der Waals surface area contributed by atoms with Gasteiger partial charge < -0.3 is 4.90 Å². The molecule has 0 aliphatic carbocycles. The highest BCUT2D eigenvalue weighted by atomic mass is 35.5. The quantitative estimate of drug-likeness (QED) is 0.447. The highest BCUT2D eigenvalue weighted by Crippen LogP contribution is 2.36. The predicted octanol–water partition coefficient (Wildman–Crippen LogP) is 7.76. The third-order valence-corrected chi connectivity index (χ3v) is 5.52. The van der Waals surface area contributed by atoms with Crippen LogP contribution in [0.5, 0.6) is 0 Å². The number of allylic oxidation sites excluding steroid dienone is 1. The first-order valence-corrected chi connectivity index (χ1v) is 11.4. The molecule has 0 bridgehead atoms. The lowest BCUT2D eigenvalue weighted by atomic mass is 9.89. The number of nitrogens with zero attached hydrogens (tertiary/aromatic N) is 2. The van der Waals surface area contributed by atoms with Crippen LogP contribution in [0.25, 0.3) is 0 Å². The van der Waals surface area contributed by atoms with Gasteiger partial charge in [0.2, 0.25) is 5.91 Å². The van der Waals surface area contributed by atoms with E-state index in [1.165, 1.54) is 0 Å². The van der Waals surface area contributed by atoms with Crippen LogP contribution in [0.2, 0.25) is 10.0 Å². The molecule has 1 aromatic carbocycles. The zero-order chi connectivity index (χ0) is 22.5. The summed E-state index contributed by atoms with van der Waals surface area (Å²) < 4.78 is 0. The number of rotatable bonds is 4. The summed E-state index contributed by atoms with van der Waals surface area (Å²) in [7, 11) is 0. The number of carbonyl (C=O) groups excluding carboxylic acids is 1. The Morgan fingerprint density at radius 3 is 2.13 bits per heavy atom. The maximum Gasteiger partial charge on any atom is 0.226 e. The fraction of sp³-hybridized carbons (Fsp3) is 0.440. The van der Waals surface area contributed by atoms with Gasteiger partial charge in [-0.15, -0.1) is 6.58 Å². The molecular formula is C25H34Cl2N2O. The summed E-state index contributed by atoms with van der Waals surface area (Å²) in [6.07, 6.45) is 7.31. The molecule has 0 radical (unpaired) electrons. The van der Waals surface area contributed by atoms with Crippen LogP contribution in [0, 0.1) is 5.92 Å². The third kappa shape index (κ3) is 8.12. The van der Waals surface area contributed by atoms with Gasteiger partial charge in [-0.1, -0.05) is 68.2 Å². The van der Waals surface area contributed by atoms with Gasteiger partial charge in [-0.25, -0.2) is 0 Å². The molecule has 1 aromatic heterocycles. The lowest BCUT2D eigenvalue weighted by Crippen LogP contribution is -2.48. The highest BCUT2D eigenvalue weighted by Gasteiger charge is 2.37. The monoisotopic (exact) mass is 448 g/mol. The summed E-state index contributed by atoms with van der Waals surface area (Å²) in [5.74, 6) is 0.394. The van der Waals surface area contributed by atoms with Crippen LogP contribution in [0.4, 0.5) is 0 Å². The molecule has 5 heteroatoms. The number of likely N-dealkylation sites (tertiary alicyclic amines) is 1. The summed E-state index contributed by atoms with van der Waals surface area (Å²) in [5, 5.41) is 1.43. The van der Waals surface area contributed by atoms with Crippen LogP contribution in [-0.4, -0.2) is 21.8 Å². The number of amides is 1. The van der Waals surface area contributed by atoms with E-state index < -0.39 is 0 Å². The average Bonchev–Trinajstić information content (AvgIpc) is 2.74. The number of benzene rings is 1. The minimum atomic E-state index is 0.0980. The van der Waals surface area contributed by atoms with Crippen molar-refractivity contribution in [2.75, 3.05) is 0 Å². The normalized spacial score (nSPS) is 18.1. The van der Waals surface area contributed by atoms with E-state index in [0.29, 0.717) is 11.1 Å². The van der Waals surface area contributed by atoms with Gasteiger partial charge in [0.25, 0.3) is 0 Å². The summed E-state index contributed by atoms with van der Waals surface area (Å²) in [4.78, 5) is 19.1. The van der Waals surface area contributed by atoms with Crippen LogP contribution in [0.15, 0.2) is 61.3 Å². The summed E-state index contributed by atoms with van der Waals surface area (Å²) >= 11 is 11.5. The van der Waals surface area contributed by atoms with Crippen molar-refractivity contribution in [3.63, 3.8) is 0 Å². The van der Waals surface area contributed by atoms with Crippen molar-refractivity contribution in [3.05, 3.63) is 77.1 Å². The van der Waals surface area contributed by atoms with Gasteiger partial charge in [0.05, 0.1) is 16.8 Å². The van der Waals surface area contributed by atoms with Gasteiger partial charge in [-0.05, 0) is 56.9 Å². The van der Waals surface area contributed by atoms with Crippen molar-refractivity contribution in [3.8, 4) is 0 Å². The molecule has 2 heterocycles. The van der Waals surface area contributed by atoms with E-state index in [4.69, 9.17) is 23.2 Å². The zero-order valence-electron chi connectivity index (χ0n) is 18.5. The minimum Gasteiger partial charge on any atom is -0.331 e. The molecule has 30 heavy (non-hydrogen) atoms. The number of aromatic nitrogens is 1. The van der Waals surface area contributed by atoms with Crippen LogP contribution < -0.4 is 0 Å². The first-order valence-electron chi connectivity index (χ1n) is 10.6.